The lowest BCUT2D eigenvalue weighted by Gasteiger charge is -2.04. The standard InChI is InChI=1S/C22H19N7O6S/c1-12-3-9-16(18(11-12)29(34)35)25-22-24-13(2)19(36-22)17(26-27-21(31)20(23)30)10-6-14-4-7-15(8-5-14)28(32)33/h3-11H,1-2H3,(H2,23,30)(H,24,25)(H,27,31). The first-order chi connectivity index (χ1) is 17.0. The molecule has 0 saturated carbocycles. The minimum atomic E-state index is -1.23. The van der Waals surface area contributed by atoms with E-state index >= 15 is 0 Å². The number of thiazole rings is 1. The van der Waals surface area contributed by atoms with Crippen molar-refractivity contribution < 1.29 is 19.4 Å². The van der Waals surface area contributed by atoms with Crippen LogP contribution in [0.4, 0.5) is 22.2 Å². The van der Waals surface area contributed by atoms with Gasteiger partial charge in [-0.3, -0.25) is 29.8 Å². The first-order valence-electron chi connectivity index (χ1n) is 10.1. The number of rotatable bonds is 8. The number of carbonyl (C=O) groups is 2. The number of non-ortho nitro benzene ring substituents is 1. The summed E-state index contributed by atoms with van der Waals surface area (Å²) in [5, 5.41) is 29.5. The molecule has 36 heavy (non-hydrogen) atoms. The van der Waals surface area contributed by atoms with Gasteiger partial charge in [-0.25, -0.2) is 10.4 Å². The highest BCUT2D eigenvalue weighted by Gasteiger charge is 2.18. The van der Waals surface area contributed by atoms with Gasteiger partial charge in [0.1, 0.15) is 11.4 Å². The smallest absolute Gasteiger partial charge is 0.329 e. The van der Waals surface area contributed by atoms with E-state index in [9.17, 15) is 29.8 Å². The molecule has 0 aliphatic heterocycles. The highest BCUT2D eigenvalue weighted by Crippen LogP contribution is 2.32. The summed E-state index contributed by atoms with van der Waals surface area (Å²) in [6, 6.07) is 10.4. The number of nitro benzene ring substituents is 2. The number of allylic oxidation sites excluding steroid dienone is 1. The van der Waals surface area contributed by atoms with Gasteiger partial charge in [0.15, 0.2) is 5.13 Å². The Morgan fingerprint density at radius 2 is 1.78 bits per heavy atom. The predicted octanol–water partition coefficient (Wildman–Crippen LogP) is 3.34. The first kappa shape index (κ1) is 25.6. The number of amides is 2. The second kappa shape index (κ2) is 11.0. The van der Waals surface area contributed by atoms with Gasteiger partial charge in [-0.2, -0.15) is 5.10 Å². The number of nitrogens with zero attached hydrogens (tertiary/aromatic N) is 4. The van der Waals surface area contributed by atoms with Gasteiger partial charge in [0, 0.05) is 18.2 Å². The van der Waals surface area contributed by atoms with E-state index < -0.39 is 21.7 Å². The first-order valence-corrected chi connectivity index (χ1v) is 11.0. The number of nitrogens with two attached hydrogens (primary N) is 1. The summed E-state index contributed by atoms with van der Waals surface area (Å²) in [6.45, 7) is 3.41. The van der Waals surface area contributed by atoms with E-state index in [4.69, 9.17) is 5.73 Å². The van der Waals surface area contributed by atoms with Crippen molar-refractivity contribution in [2.75, 3.05) is 5.32 Å². The van der Waals surface area contributed by atoms with Crippen LogP contribution in [-0.4, -0.2) is 32.4 Å². The molecule has 13 nitrogen and oxygen atoms in total. The van der Waals surface area contributed by atoms with E-state index in [1.54, 1.807) is 32.1 Å². The molecule has 2 amide bonds. The Hall–Kier alpha value is -4.98. The molecule has 3 rings (SSSR count). The van der Waals surface area contributed by atoms with Gasteiger partial charge in [0.05, 0.1) is 20.4 Å². The van der Waals surface area contributed by atoms with Gasteiger partial charge in [-0.1, -0.05) is 23.5 Å². The summed E-state index contributed by atoms with van der Waals surface area (Å²) in [7, 11) is 0. The van der Waals surface area contributed by atoms with Gasteiger partial charge in [0.2, 0.25) is 0 Å². The third-order valence-corrected chi connectivity index (χ3v) is 5.76. The van der Waals surface area contributed by atoms with Crippen molar-refractivity contribution in [2.24, 2.45) is 10.8 Å². The van der Waals surface area contributed by atoms with Crippen molar-refractivity contribution in [3.8, 4) is 0 Å². The summed E-state index contributed by atoms with van der Waals surface area (Å²) >= 11 is 1.10. The van der Waals surface area contributed by atoms with Crippen LogP contribution in [0.25, 0.3) is 6.08 Å². The number of hydrogen-bond acceptors (Lipinski definition) is 10. The van der Waals surface area contributed by atoms with Crippen LogP contribution < -0.4 is 16.5 Å². The average molecular weight is 510 g/mol. The van der Waals surface area contributed by atoms with Crippen molar-refractivity contribution in [3.63, 3.8) is 0 Å². The van der Waals surface area contributed by atoms with Gasteiger partial charge in [-0.15, -0.1) is 0 Å². The number of aromatic nitrogens is 1. The summed E-state index contributed by atoms with van der Waals surface area (Å²) in [4.78, 5) is 48.9. The Kier molecular flexibility index (Phi) is 7.81. The van der Waals surface area contributed by atoms with Gasteiger partial charge in [0.25, 0.3) is 11.4 Å². The van der Waals surface area contributed by atoms with Gasteiger partial charge in [-0.05, 0) is 49.2 Å². The summed E-state index contributed by atoms with van der Waals surface area (Å²) in [5.41, 5.74) is 9.08. The monoisotopic (exact) mass is 509 g/mol. The molecule has 3 aromatic rings. The van der Waals surface area contributed by atoms with Crippen molar-refractivity contribution >= 4 is 57.1 Å². The molecule has 0 aliphatic carbocycles. The minimum Gasteiger partial charge on any atom is -0.361 e. The van der Waals surface area contributed by atoms with Crippen LogP contribution in [0, 0.1) is 34.1 Å². The van der Waals surface area contributed by atoms with Crippen LogP contribution in [0.1, 0.15) is 21.7 Å². The Bertz CT molecular complexity index is 1410. The average Bonchev–Trinajstić information content (AvgIpc) is 3.19. The topological polar surface area (TPSA) is 196 Å². The van der Waals surface area contributed by atoms with Crippen molar-refractivity contribution in [3.05, 3.63) is 90.5 Å². The van der Waals surface area contributed by atoms with Gasteiger partial charge < -0.3 is 11.1 Å². The molecule has 14 heteroatoms. The van der Waals surface area contributed by atoms with Crippen LogP contribution in [-0.2, 0) is 9.59 Å². The Morgan fingerprint density at radius 1 is 1.08 bits per heavy atom. The maximum absolute atomic E-state index is 11.6. The van der Waals surface area contributed by atoms with Gasteiger partial charge >= 0.3 is 11.8 Å². The van der Waals surface area contributed by atoms with Crippen LogP contribution in [0.3, 0.4) is 0 Å². The molecule has 1 heterocycles. The molecular weight excluding hydrogens is 490 g/mol. The number of nitro groups is 2. The zero-order valence-electron chi connectivity index (χ0n) is 18.9. The highest BCUT2D eigenvalue weighted by molar-refractivity contribution is 7.18. The maximum atomic E-state index is 11.6. The molecule has 0 atom stereocenters. The fourth-order valence-electron chi connectivity index (χ4n) is 2.91. The molecule has 2 aromatic carbocycles. The number of hydrogen-bond donors (Lipinski definition) is 3. The number of nitrogens with one attached hydrogen (secondary N) is 2. The SMILES string of the molecule is Cc1ccc(Nc2nc(C)c(C(C=Cc3ccc([N+](=O)[O-])cc3)=NNC(=O)C(N)=O)s2)c([N+](=O)[O-])c1. The molecule has 0 fully saturated rings. The molecule has 0 spiro atoms. The number of anilines is 2. The number of benzene rings is 2. The minimum absolute atomic E-state index is 0.0750. The zero-order valence-corrected chi connectivity index (χ0v) is 19.7. The van der Waals surface area contributed by atoms with E-state index in [0.717, 1.165) is 16.9 Å². The number of aryl methyl sites for hydroxylation is 2. The highest BCUT2D eigenvalue weighted by atomic mass is 32.1. The van der Waals surface area contributed by atoms with E-state index in [1.165, 1.54) is 36.4 Å². The molecule has 0 saturated heterocycles. The van der Waals surface area contributed by atoms with Crippen molar-refractivity contribution in [1.29, 1.82) is 0 Å². The van der Waals surface area contributed by atoms with Crippen molar-refractivity contribution in [2.45, 2.75) is 13.8 Å². The maximum Gasteiger partial charge on any atom is 0.329 e. The van der Waals surface area contributed by atoms with Crippen LogP contribution >= 0.6 is 11.3 Å². The molecule has 0 bridgehead atoms. The lowest BCUT2D eigenvalue weighted by Crippen LogP contribution is -2.33. The lowest BCUT2D eigenvalue weighted by molar-refractivity contribution is -0.384. The quantitative estimate of drug-likeness (QED) is 0.178. The molecule has 1 aromatic heterocycles. The summed E-state index contributed by atoms with van der Waals surface area (Å²) in [5.74, 6) is -2.36. The third kappa shape index (κ3) is 6.32. The van der Waals surface area contributed by atoms with E-state index in [-0.39, 0.29) is 22.8 Å². The number of hydrazone groups is 1. The Morgan fingerprint density at radius 3 is 2.39 bits per heavy atom. The lowest BCUT2D eigenvalue weighted by atomic mass is 10.1. The third-order valence-electron chi connectivity index (χ3n) is 4.66. The summed E-state index contributed by atoms with van der Waals surface area (Å²) in [6.07, 6.45) is 3.11. The molecule has 0 radical (unpaired) electrons. The fraction of sp³-hybridized carbons (Fsp3) is 0.0909. The van der Waals surface area contributed by atoms with Crippen LogP contribution in [0.5, 0.6) is 0 Å². The molecule has 0 aliphatic rings. The molecule has 184 valence electrons. The Balaban J connectivity index is 1.95. The zero-order chi connectivity index (χ0) is 26.4. The van der Waals surface area contributed by atoms with E-state index in [0.29, 0.717) is 21.3 Å². The second-order valence-electron chi connectivity index (χ2n) is 7.32. The number of primary amides is 1. The number of carbonyl (C=O) groups excluding carboxylic acids is 2. The van der Waals surface area contributed by atoms with E-state index in [1.807, 2.05) is 0 Å². The predicted molar refractivity (Wildman–Crippen MR) is 134 cm³/mol. The Labute approximate surface area is 207 Å². The molecule has 4 N–H and O–H groups in total. The summed E-state index contributed by atoms with van der Waals surface area (Å²) < 4.78 is 0. The molecular formula is C22H19N7O6S. The largest absolute Gasteiger partial charge is 0.361 e. The molecule has 0 unspecified atom stereocenters. The van der Waals surface area contributed by atoms with Crippen LogP contribution in [0.15, 0.2) is 53.6 Å². The van der Waals surface area contributed by atoms with Crippen LogP contribution in [0.2, 0.25) is 0 Å². The van der Waals surface area contributed by atoms with E-state index in [2.05, 4.69) is 20.8 Å². The van der Waals surface area contributed by atoms with Crippen molar-refractivity contribution in [1.82, 2.24) is 10.4 Å². The second-order valence-corrected chi connectivity index (χ2v) is 8.32. The fourth-order valence-corrected chi connectivity index (χ4v) is 3.86. The normalized spacial score (nSPS) is 11.3.